The van der Waals surface area contributed by atoms with Gasteiger partial charge in [0.05, 0.1) is 14.2 Å². The molecule has 0 unspecified atom stereocenters. The van der Waals surface area contributed by atoms with E-state index in [1.165, 1.54) is 14.2 Å². The van der Waals surface area contributed by atoms with Crippen molar-refractivity contribution in [1.82, 2.24) is 10.6 Å². The number of hydrogen-bond donors (Lipinski definition) is 3. The molecule has 0 aliphatic rings. The number of carbonyl (C=O) groups is 3. The van der Waals surface area contributed by atoms with Gasteiger partial charge in [-0.15, -0.1) is 0 Å². The first-order valence-electron chi connectivity index (χ1n) is 7.87. The van der Waals surface area contributed by atoms with Crippen molar-refractivity contribution >= 4 is 17.9 Å². The van der Waals surface area contributed by atoms with E-state index in [1.54, 1.807) is 18.2 Å². The smallest absolute Gasteiger partial charge is 0.341 e. The molecule has 0 aliphatic carbocycles. The normalized spacial score (nSPS) is 11.6. The molecule has 0 fully saturated rings. The number of primary amides is 1. The summed E-state index contributed by atoms with van der Waals surface area (Å²) in [5.74, 6) is -0.287. The van der Waals surface area contributed by atoms with Gasteiger partial charge in [0, 0.05) is 6.54 Å². The summed E-state index contributed by atoms with van der Waals surface area (Å²) in [6.45, 7) is 4.06. The molecule has 0 saturated carbocycles. The second-order valence-corrected chi connectivity index (χ2v) is 5.93. The molecule has 0 aromatic heterocycles. The van der Waals surface area contributed by atoms with Gasteiger partial charge in [-0.2, -0.15) is 0 Å². The average molecular weight is 351 g/mol. The predicted octanol–water partition coefficient (Wildman–Crippen LogP) is 1.18. The lowest BCUT2D eigenvalue weighted by Gasteiger charge is -2.19. The molecule has 8 nitrogen and oxygen atoms in total. The number of amides is 3. The van der Waals surface area contributed by atoms with Crippen LogP contribution in [0.5, 0.6) is 5.75 Å². The molecule has 3 amide bonds. The SMILES string of the molecule is COC(=O)c1cc(CNC(=O)[C@@H](CC(C)C)NC(N)=O)ccc1OC. The first kappa shape index (κ1) is 20.3. The molecule has 4 N–H and O–H groups in total. The minimum absolute atomic E-state index is 0.182. The maximum Gasteiger partial charge on any atom is 0.341 e. The van der Waals surface area contributed by atoms with Crippen LogP contribution in [0.1, 0.15) is 36.2 Å². The summed E-state index contributed by atoms with van der Waals surface area (Å²) in [6, 6.07) is 3.48. The maximum absolute atomic E-state index is 12.3. The highest BCUT2D eigenvalue weighted by Gasteiger charge is 2.21. The summed E-state index contributed by atoms with van der Waals surface area (Å²) in [4.78, 5) is 35.1. The molecule has 1 rings (SSSR count). The summed E-state index contributed by atoms with van der Waals surface area (Å²) >= 11 is 0. The number of esters is 1. The molecule has 25 heavy (non-hydrogen) atoms. The fraction of sp³-hybridized carbons (Fsp3) is 0.471. The lowest BCUT2D eigenvalue weighted by Crippen LogP contribution is -2.49. The summed E-state index contributed by atoms with van der Waals surface area (Å²) in [7, 11) is 2.73. The second-order valence-electron chi connectivity index (χ2n) is 5.93. The van der Waals surface area contributed by atoms with Gasteiger partial charge < -0.3 is 25.8 Å². The van der Waals surface area contributed by atoms with Crippen LogP contribution in [-0.4, -0.2) is 38.2 Å². The van der Waals surface area contributed by atoms with Crippen LogP contribution in [0.3, 0.4) is 0 Å². The molecule has 0 spiro atoms. The number of benzene rings is 1. The van der Waals surface area contributed by atoms with Crippen LogP contribution in [0.15, 0.2) is 18.2 Å². The van der Waals surface area contributed by atoms with E-state index < -0.39 is 18.0 Å². The molecule has 0 bridgehead atoms. The summed E-state index contributed by atoms with van der Waals surface area (Å²) in [5, 5.41) is 5.17. The zero-order chi connectivity index (χ0) is 19.0. The van der Waals surface area contributed by atoms with E-state index in [0.717, 1.165) is 0 Å². The zero-order valence-corrected chi connectivity index (χ0v) is 14.9. The first-order chi connectivity index (χ1) is 11.8. The third-order valence-corrected chi connectivity index (χ3v) is 3.48. The average Bonchev–Trinajstić information content (AvgIpc) is 2.57. The van der Waals surface area contributed by atoms with Gasteiger partial charge in [-0.1, -0.05) is 19.9 Å². The molecule has 0 saturated heterocycles. The standard InChI is InChI=1S/C17H25N3O5/c1-10(2)7-13(20-17(18)23)15(21)19-9-11-5-6-14(24-3)12(8-11)16(22)25-4/h5-6,8,10,13H,7,9H2,1-4H3,(H,19,21)(H3,18,20,23)/t13-/m1/s1. The van der Waals surface area contributed by atoms with E-state index in [1.807, 2.05) is 13.8 Å². The van der Waals surface area contributed by atoms with E-state index in [0.29, 0.717) is 17.7 Å². The number of nitrogens with one attached hydrogen (secondary N) is 2. The van der Waals surface area contributed by atoms with E-state index in [9.17, 15) is 14.4 Å². The van der Waals surface area contributed by atoms with Gasteiger partial charge in [-0.05, 0) is 30.0 Å². The number of rotatable bonds is 8. The highest BCUT2D eigenvalue weighted by atomic mass is 16.5. The van der Waals surface area contributed by atoms with Gasteiger partial charge in [0.15, 0.2) is 0 Å². The highest BCUT2D eigenvalue weighted by molar-refractivity contribution is 5.92. The molecule has 0 aliphatic heterocycles. The van der Waals surface area contributed by atoms with Crippen LogP contribution >= 0.6 is 0 Å². The molecule has 138 valence electrons. The van der Waals surface area contributed by atoms with Gasteiger partial charge in [-0.3, -0.25) is 4.79 Å². The van der Waals surface area contributed by atoms with Crippen molar-refractivity contribution in [1.29, 1.82) is 0 Å². The number of urea groups is 1. The monoisotopic (exact) mass is 351 g/mol. The summed E-state index contributed by atoms with van der Waals surface area (Å²) in [5.41, 5.74) is 6.08. The second kappa shape index (κ2) is 9.51. The Bertz CT molecular complexity index is 631. The molecule has 1 aromatic carbocycles. The number of nitrogens with two attached hydrogens (primary N) is 1. The molecule has 1 atom stereocenters. The third kappa shape index (κ3) is 6.33. The van der Waals surface area contributed by atoms with E-state index in [2.05, 4.69) is 10.6 Å². The van der Waals surface area contributed by atoms with Gasteiger partial charge in [0.25, 0.3) is 0 Å². The third-order valence-electron chi connectivity index (χ3n) is 3.48. The lowest BCUT2D eigenvalue weighted by molar-refractivity contribution is -0.123. The molecular weight excluding hydrogens is 326 g/mol. The van der Waals surface area contributed by atoms with E-state index >= 15 is 0 Å². The van der Waals surface area contributed by atoms with Crippen LogP contribution in [0, 0.1) is 5.92 Å². The van der Waals surface area contributed by atoms with Gasteiger partial charge in [-0.25, -0.2) is 9.59 Å². The number of ether oxygens (including phenoxy) is 2. The summed E-state index contributed by atoms with van der Waals surface area (Å²) < 4.78 is 9.84. The van der Waals surface area contributed by atoms with Crippen molar-refractivity contribution in [3.05, 3.63) is 29.3 Å². The topological polar surface area (TPSA) is 120 Å². The minimum Gasteiger partial charge on any atom is -0.496 e. The Hall–Kier alpha value is -2.77. The quantitative estimate of drug-likeness (QED) is 0.608. The molecular formula is C17H25N3O5. The van der Waals surface area contributed by atoms with E-state index in [-0.39, 0.29) is 23.9 Å². The maximum atomic E-state index is 12.3. The largest absolute Gasteiger partial charge is 0.496 e. The number of methoxy groups -OCH3 is 2. The van der Waals surface area contributed by atoms with Gasteiger partial charge in [0.1, 0.15) is 17.4 Å². The lowest BCUT2D eigenvalue weighted by atomic mass is 10.0. The molecule has 0 heterocycles. The van der Waals surface area contributed by atoms with Gasteiger partial charge in [0.2, 0.25) is 5.91 Å². The number of hydrogen-bond acceptors (Lipinski definition) is 5. The van der Waals surface area contributed by atoms with Crippen molar-refractivity contribution in [2.24, 2.45) is 11.7 Å². The van der Waals surface area contributed by atoms with Crippen molar-refractivity contribution < 1.29 is 23.9 Å². The Labute approximate surface area is 147 Å². The molecule has 0 radical (unpaired) electrons. The van der Waals surface area contributed by atoms with Crippen molar-refractivity contribution in [2.45, 2.75) is 32.9 Å². The highest BCUT2D eigenvalue weighted by Crippen LogP contribution is 2.20. The van der Waals surface area contributed by atoms with Gasteiger partial charge >= 0.3 is 12.0 Å². The molecule has 8 heteroatoms. The van der Waals surface area contributed by atoms with Crippen molar-refractivity contribution in [2.75, 3.05) is 14.2 Å². The number of carbonyl (C=O) groups excluding carboxylic acids is 3. The Balaban J connectivity index is 2.83. The van der Waals surface area contributed by atoms with Crippen LogP contribution in [-0.2, 0) is 16.1 Å². The van der Waals surface area contributed by atoms with Crippen molar-refractivity contribution in [3.8, 4) is 5.75 Å². The first-order valence-corrected chi connectivity index (χ1v) is 7.87. The Kier molecular flexibility index (Phi) is 7.71. The van der Waals surface area contributed by atoms with E-state index in [4.69, 9.17) is 15.2 Å². The Morgan fingerprint density at radius 1 is 1.20 bits per heavy atom. The van der Waals surface area contributed by atoms with Crippen LogP contribution in [0.25, 0.3) is 0 Å². The summed E-state index contributed by atoms with van der Waals surface area (Å²) in [6.07, 6.45) is 0.463. The van der Waals surface area contributed by atoms with Crippen LogP contribution < -0.4 is 21.1 Å². The van der Waals surface area contributed by atoms with Crippen LogP contribution in [0.2, 0.25) is 0 Å². The van der Waals surface area contributed by atoms with Crippen LogP contribution in [0.4, 0.5) is 4.79 Å². The predicted molar refractivity (Wildman–Crippen MR) is 92.1 cm³/mol. The molecule has 1 aromatic rings. The van der Waals surface area contributed by atoms with Crippen molar-refractivity contribution in [3.63, 3.8) is 0 Å². The fourth-order valence-electron chi connectivity index (χ4n) is 2.32. The minimum atomic E-state index is -0.752. The Morgan fingerprint density at radius 3 is 2.40 bits per heavy atom. The Morgan fingerprint density at radius 2 is 1.88 bits per heavy atom. The zero-order valence-electron chi connectivity index (χ0n) is 14.9. The fourth-order valence-corrected chi connectivity index (χ4v) is 2.32.